The first-order valence-electron chi connectivity index (χ1n) is 9.32. The Morgan fingerprint density at radius 1 is 1.08 bits per heavy atom. The average molecular weight is 350 g/mol. The van der Waals surface area contributed by atoms with E-state index in [1.165, 1.54) is 0 Å². The lowest BCUT2D eigenvalue weighted by Gasteiger charge is -2.35. The molecule has 2 amide bonds. The average Bonchev–Trinajstić information content (AvgIpc) is 2.69. The van der Waals surface area contributed by atoms with E-state index < -0.39 is 0 Å². The van der Waals surface area contributed by atoms with E-state index in [1.54, 1.807) is 0 Å². The number of hydrogen-bond acceptors (Lipinski definition) is 2. The highest BCUT2D eigenvalue weighted by atomic mass is 16.2. The fourth-order valence-electron chi connectivity index (χ4n) is 3.54. The van der Waals surface area contributed by atoms with Gasteiger partial charge in [0.25, 0.3) is 5.91 Å². The maximum absolute atomic E-state index is 13.1. The zero-order valence-electron chi connectivity index (χ0n) is 15.5. The molecule has 2 aromatic rings. The van der Waals surface area contributed by atoms with Crippen molar-refractivity contribution in [2.75, 3.05) is 24.5 Å². The van der Waals surface area contributed by atoms with Gasteiger partial charge < -0.3 is 9.80 Å². The van der Waals surface area contributed by atoms with Crippen molar-refractivity contribution in [1.29, 1.82) is 0 Å². The number of rotatable bonds is 4. The molecule has 0 radical (unpaired) electrons. The van der Waals surface area contributed by atoms with Crippen LogP contribution in [0.25, 0.3) is 0 Å². The van der Waals surface area contributed by atoms with Crippen molar-refractivity contribution in [2.45, 2.75) is 26.7 Å². The Hall–Kier alpha value is -2.62. The lowest BCUT2D eigenvalue weighted by atomic mass is 9.95. The zero-order chi connectivity index (χ0) is 18.5. The summed E-state index contributed by atoms with van der Waals surface area (Å²) in [7, 11) is 0. The lowest BCUT2D eigenvalue weighted by Crippen LogP contribution is -2.47. The van der Waals surface area contributed by atoms with E-state index >= 15 is 0 Å². The summed E-state index contributed by atoms with van der Waals surface area (Å²) in [4.78, 5) is 29.5. The summed E-state index contributed by atoms with van der Waals surface area (Å²) in [5, 5.41) is 0. The SMILES string of the molecule is CCN(C(=O)C1CCCN(C(=O)c2ccc(C)cc2)C1)c1ccccc1. The van der Waals surface area contributed by atoms with Crippen LogP contribution in [0.2, 0.25) is 0 Å². The van der Waals surface area contributed by atoms with Crippen molar-refractivity contribution < 1.29 is 9.59 Å². The summed E-state index contributed by atoms with van der Waals surface area (Å²) in [6.45, 7) is 5.84. The quantitative estimate of drug-likeness (QED) is 0.839. The molecule has 1 aliphatic heterocycles. The number of hydrogen-bond donors (Lipinski definition) is 0. The van der Waals surface area contributed by atoms with Crippen molar-refractivity contribution in [1.82, 2.24) is 4.90 Å². The first-order chi connectivity index (χ1) is 12.6. The van der Waals surface area contributed by atoms with Crippen LogP contribution in [0.5, 0.6) is 0 Å². The highest BCUT2D eigenvalue weighted by Crippen LogP contribution is 2.24. The van der Waals surface area contributed by atoms with Crippen LogP contribution >= 0.6 is 0 Å². The second-order valence-electron chi connectivity index (χ2n) is 6.87. The Labute approximate surface area is 155 Å². The Morgan fingerprint density at radius 3 is 2.42 bits per heavy atom. The maximum atomic E-state index is 13.1. The highest BCUT2D eigenvalue weighted by Gasteiger charge is 2.31. The van der Waals surface area contributed by atoms with Gasteiger partial charge in [0.1, 0.15) is 0 Å². The molecule has 4 heteroatoms. The molecule has 2 aromatic carbocycles. The first kappa shape index (κ1) is 18.2. The Morgan fingerprint density at radius 2 is 1.77 bits per heavy atom. The summed E-state index contributed by atoms with van der Waals surface area (Å²) in [5.74, 6) is -0.0105. The molecule has 26 heavy (non-hydrogen) atoms. The molecule has 0 bridgehead atoms. The molecular weight excluding hydrogens is 324 g/mol. The molecule has 0 spiro atoms. The molecular formula is C22H26N2O2. The number of carbonyl (C=O) groups is 2. The highest BCUT2D eigenvalue weighted by molar-refractivity contribution is 5.97. The van der Waals surface area contributed by atoms with Gasteiger partial charge in [-0.25, -0.2) is 0 Å². The van der Waals surface area contributed by atoms with Crippen LogP contribution in [0.15, 0.2) is 54.6 Å². The summed E-state index contributed by atoms with van der Waals surface area (Å²) < 4.78 is 0. The number of anilines is 1. The summed E-state index contributed by atoms with van der Waals surface area (Å²) in [6, 6.07) is 17.4. The molecule has 0 aliphatic carbocycles. The van der Waals surface area contributed by atoms with E-state index in [-0.39, 0.29) is 17.7 Å². The third-order valence-electron chi connectivity index (χ3n) is 5.01. The number of amides is 2. The van der Waals surface area contributed by atoms with Crippen LogP contribution in [0, 0.1) is 12.8 Å². The van der Waals surface area contributed by atoms with E-state index in [2.05, 4.69) is 0 Å². The number of para-hydroxylation sites is 1. The van der Waals surface area contributed by atoms with Crippen molar-refractivity contribution in [3.63, 3.8) is 0 Å². The van der Waals surface area contributed by atoms with Gasteiger partial charge in [0.05, 0.1) is 5.92 Å². The topological polar surface area (TPSA) is 40.6 Å². The number of nitrogens with zero attached hydrogens (tertiary/aromatic N) is 2. The normalized spacial score (nSPS) is 17.0. The largest absolute Gasteiger partial charge is 0.338 e. The van der Waals surface area contributed by atoms with Gasteiger partial charge in [0, 0.05) is 30.9 Å². The number of piperidine rings is 1. The minimum Gasteiger partial charge on any atom is -0.338 e. The van der Waals surface area contributed by atoms with E-state index in [0.717, 1.165) is 24.1 Å². The van der Waals surface area contributed by atoms with Gasteiger partial charge in [-0.15, -0.1) is 0 Å². The van der Waals surface area contributed by atoms with Gasteiger partial charge in [-0.2, -0.15) is 0 Å². The van der Waals surface area contributed by atoms with Crippen LogP contribution in [-0.2, 0) is 4.79 Å². The molecule has 1 heterocycles. The summed E-state index contributed by atoms with van der Waals surface area (Å²) >= 11 is 0. The van der Waals surface area contributed by atoms with E-state index in [0.29, 0.717) is 25.2 Å². The third-order valence-corrected chi connectivity index (χ3v) is 5.01. The molecule has 1 unspecified atom stereocenters. The first-order valence-corrected chi connectivity index (χ1v) is 9.32. The number of carbonyl (C=O) groups excluding carboxylic acids is 2. The molecule has 1 aliphatic rings. The van der Waals surface area contributed by atoms with Gasteiger partial charge in [0.15, 0.2) is 0 Å². The third kappa shape index (κ3) is 3.96. The van der Waals surface area contributed by atoms with Crippen LogP contribution < -0.4 is 4.90 Å². The maximum Gasteiger partial charge on any atom is 0.253 e. The number of benzene rings is 2. The second kappa shape index (κ2) is 8.17. The standard InChI is InChI=1S/C22H26N2O2/c1-3-24(20-9-5-4-6-10-20)22(26)19-8-7-15-23(16-19)21(25)18-13-11-17(2)12-14-18/h4-6,9-14,19H,3,7-8,15-16H2,1-2H3. The van der Waals surface area contributed by atoms with Crippen LogP contribution in [-0.4, -0.2) is 36.3 Å². The summed E-state index contributed by atoms with van der Waals surface area (Å²) in [5.41, 5.74) is 2.75. The smallest absolute Gasteiger partial charge is 0.253 e. The molecule has 0 aromatic heterocycles. The Bertz CT molecular complexity index is 755. The Kier molecular flexibility index (Phi) is 5.71. The van der Waals surface area contributed by atoms with Crippen molar-refractivity contribution in [3.05, 3.63) is 65.7 Å². The molecule has 0 N–H and O–H groups in total. The van der Waals surface area contributed by atoms with Crippen LogP contribution in [0.1, 0.15) is 35.7 Å². The van der Waals surface area contributed by atoms with Gasteiger partial charge in [-0.3, -0.25) is 9.59 Å². The van der Waals surface area contributed by atoms with Gasteiger partial charge in [0.2, 0.25) is 5.91 Å². The Balaban J connectivity index is 1.72. The molecule has 0 saturated carbocycles. The molecule has 136 valence electrons. The van der Waals surface area contributed by atoms with E-state index in [1.807, 2.05) is 78.2 Å². The second-order valence-corrected chi connectivity index (χ2v) is 6.87. The van der Waals surface area contributed by atoms with Crippen molar-refractivity contribution in [3.8, 4) is 0 Å². The van der Waals surface area contributed by atoms with Gasteiger partial charge in [-0.1, -0.05) is 35.9 Å². The van der Waals surface area contributed by atoms with Gasteiger partial charge >= 0.3 is 0 Å². The monoisotopic (exact) mass is 350 g/mol. The fraction of sp³-hybridized carbons (Fsp3) is 0.364. The van der Waals surface area contributed by atoms with Crippen LogP contribution in [0.3, 0.4) is 0 Å². The zero-order valence-corrected chi connectivity index (χ0v) is 15.5. The fourth-order valence-corrected chi connectivity index (χ4v) is 3.54. The number of aryl methyl sites for hydroxylation is 1. The van der Waals surface area contributed by atoms with Crippen LogP contribution in [0.4, 0.5) is 5.69 Å². The minimum atomic E-state index is -0.140. The lowest BCUT2D eigenvalue weighted by molar-refractivity contribution is -0.123. The molecule has 4 nitrogen and oxygen atoms in total. The predicted molar refractivity (Wildman–Crippen MR) is 104 cm³/mol. The van der Waals surface area contributed by atoms with E-state index in [9.17, 15) is 9.59 Å². The predicted octanol–water partition coefficient (Wildman–Crippen LogP) is 3.90. The summed E-state index contributed by atoms with van der Waals surface area (Å²) in [6.07, 6.45) is 1.69. The van der Waals surface area contributed by atoms with Gasteiger partial charge in [-0.05, 0) is 51.0 Å². The molecule has 1 fully saturated rings. The van der Waals surface area contributed by atoms with E-state index in [4.69, 9.17) is 0 Å². The molecule has 1 saturated heterocycles. The molecule has 1 atom stereocenters. The minimum absolute atomic E-state index is 0.0188. The van der Waals surface area contributed by atoms with Crippen molar-refractivity contribution >= 4 is 17.5 Å². The molecule has 3 rings (SSSR count). The van der Waals surface area contributed by atoms with Crippen molar-refractivity contribution in [2.24, 2.45) is 5.92 Å². The number of likely N-dealkylation sites (tertiary alicyclic amines) is 1.